The Morgan fingerprint density at radius 3 is 2.67 bits per heavy atom. The Hall–Kier alpha value is -2.84. The van der Waals surface area contributed by atoms with Crippen molar-refractivity contribution in [2.75, 3.05) is 42.9 Å². The van der Waals surface area contributed by atoms with Crippen LogP contribution in [0.5, 0.6) is 0 Å². The van der Waals surface area contributed by atoms with E-state index >= 15 is 0 Å². The van der Waals surface area contributed by atoms with Gasteiger partial charge in [-0.2, -0.15) is 22.8 Å². The molecule has 2 heterocycles. The molecule has 11 heteroatoms. The van der Waals surface area contributed by atoms with Crippen LogP contribution in [0.1, 0.15) is 25.8 Å². The lowest BCUT2D eigenvalue weighted by Gasteiger charge is -2.30. The number of aromatic nitrogens is 1. The van der Waals surface area contributed by atoms with Crippen LogP contribution < -0.4 is 20.9 Å². The molecule has 7 nitrogen and oxygen atoms in total. The molecular formula is C22H27F3N6OS. The number of piperazine rings is 1. The molecule has 1 amide bonds. The number of hydrogen-bond acceptors (Lipinski definition) is 7. The minimum Gasteiger partial charge on any atom is -0.369 e. The number of nitrogens with zero attached hydrogens (tertiary/aromatic N) is 3. The number of rotatable bonds is 8. The number of benzene rings is 1. The normalized spacial score (nSPS) is 15.2. The highest BCUT2D eigenvalue weighted by Gasteiger charge is 2.35. The van der Waals surface area contributed by atoms with Gasteiger partial charge in [-0.3, -0.25) is 4.79 Å². The van der Waals surface area contributed by atoms with E-state index in [9.17, 15) is 18.0 Å². The number of carbonyl (C=O) groups excluding carboxylic acids is 1. The lowest BCUT2D eigenvalue weighted by molar-refractivity contribution is -0.137. The van der Waals surface area contributed by atoms with Crippen LogP contribution in [0.3, 0.4) is 0 Å². The summed E-state index contributed by atoms with van der Waals surface area (Å²) in [5.74, 6) is -0.0334. The van der Waals surface area contributed by atoms with Gasteiger partial charge in [-0.15, -0.1) is 0 Å². The molecule has 0 unspecified atom stereocenters. The maximum atomic E-state index is 14.1. The van der Waals surface area contributed by atoms with Crippen molar-refractivity contribution in [1.82, 2.24) is 15.0 Å². The fraction of sp³-hybridized carbons (Fsp3) is 0.500. The van der Waals surface area contributed by atoms with Crippen molar-refractivity contribution in [3.05, 3.63) is 29.1 Å². The van der Waals surface area contributed by atoms with Crippen molar-refractivity contribution < 1.29 is 18.0 Å². The molecule has 2 aromatic rings. The van der Waals surface area contributed by atoms with Crippen molar-refractivity contribution in [1.29, 1.82) is 5.26 Å². The van der Waals surface area contributed by atoms with E-state index in [1.807, 2.05) is 24.8 Å². The van der Waals surface area contributed by atoms with Gasteiger partial charge in [0.15, 0.2) is 0 Å². The molecule has 0 radical (unpaired) electrons. The molecule has 1 aliphatic rings. The lowest BCUT2D eigenvalue weighted by atomic mass is 9.99. The fourth-order valence-corrected chi connectivity index (χ4v) is 4.42. The number of hydrogen-bond donors (Lipinski definition) is 3. The molecule has 0 spiro atoms. The lowest BCUT2D eigenvalue weighted by Crippen LogP contribution is -2.43. The third kappa shape index (κ3) is 6.36. The average molecular weight is 481 g/mol. The quantitative estimate of drug-likeness (QED) is 0.499. The minimum absolute atomic E-state index is 0.0124. The summed E-state index contributed by atoms with van der Waals surface area (Å²) >= 11 is 1.02. The Kier molecular flexibility index (Phi) is 8.15. The first-order valence-electron chi connectivity index (χ1n) is 10.7. The fourth-order valence-electron chi connectivity index (χ4n) is 3.77. The number of nitriles is 1. The number of alkyl halides is 3. The Bertz CT molecular complexity index is 995. The maximum Gasteiger partial charge on any atom is 0.417 e. The molecule has 3 rings (SSSR count). The Morgan fingerprint density at radius 1 is 1.30 bits per heavy atom. The number of nitrogens with one attached hydrogen (secondary N) is 3. The Balaban J connectivity index is 1.95. The van der Waals surface area contributed by atoms with Crippen molar-refractivity contribution in [2.45, 2.75) is 32.5 Å². The largest absolute Gasteiger partial charge is 0.417 e. The minimum atomic E-state index is -4.56. The van der Waals surface area contributed by atoms with Crippen molar-refractivity contribution in [3.8, 4) is 17.2 Å². The number of anilines is 2. The van der Waals surface area contributed by atoms with E-state index in [4.69, 9.17) is 5.26 Å². The summed E-state index contributed by atoms with van der Waals surface area (Å²) in [7, 11) is 0. The Labute approximate surface area is 195 Å². The highest BCUT2D eigenvalue weighted by atomic mass is 32.1. The van der Waals surface area contributed by atoms with Gasteiger partial charge in [-0.1, -0.05) is 19.9 Å². The summed E-state index contributed by atoms with van der Waals surface area (Å²) in [6.45, 7) is 6.43. The van der Waals surface area contributed by atoms with Crippen LogP contribution >= 0.6 is 11.5 Å². The first-order chi connectivity index (χ1) is 15.7. The van der Waals surface area contributed by atoms with E-state index in [-0.39, 0.29) is 23.8 Å². The zero-order valence-corrected chi connectivity index (χ0v) is 19.3. The highest BCUT2D eigenvalue weighted by Crippen LogP contribution is 2.42. The molecule has 1 aromatic carbocycles. The van der Waals surface area contributed by atoms with Crippen molar-refractivity contribution in [3.63, 3.8) is 0 Å². The molecule has 0 bridgehead atoms. The second kappa shape index (κ2) is 10.9. The second-order valence-corrected chi connectivity index (χ2v) is 8.87. The number of halogens is 3. The van der Waals surface area contributed by atoms with Crippen LogP contribution in [-0.4, -0.2) is 49.0 Å². The first-order valence-corrected chi connectivity index (χ1v) is 11.6. The smallest absolute Gasteiger partial charge is 0.369 e. The van der Waals surface area contributed by atoms with E-state index in [2.05, 4.69) is 20.3 Å². The predicted molar refractivity (Wildman–Crippen MR) is 123 cm³/mol. The van der Waals surface area contributed by atoms with E-state index in [1.165, 1.54) is 12.1 Å². The zero-order chi connectivity index (χ0) is 24.0. The van der Waals surface area contributed by atoms with Gasteiger partial charge in [0, 0.05) is 42.8 Å². The van der Waals surface area contributed by atoms with Gasteiger partial charge in [0.25, 0.3) is 0 Å². The third-order valence-corrected chi connectivity index (χ3v) is 5.96. The summed E-state index contributed by atoms with van der Waals surface area (Å²) in [6.07, 6.45) is -4.12. The molecule has 0 saturated carbocycles. The number of amides is 1. The summed E-state index contributed by atoms with van der Waals surface area (Å²) in [5, 5.41) is 19.0. The van der Waals surface area contributed by atoms with Gasteiger partial charge in [-0.25, -0.2) is 0 Å². The van der Waals surface area contributed by atoms with E-state index < -0.39 is 23.7 Å². The van der Waals surface area contributed by atoms with Gasteiger partial charge in [0.05, 0.1) is 11.6 Å². The molecule has 178 valence electrons. The van der Waals surface area contributed by atoms with Crippen LogP contribution in [0.2, 0.25) is 0 Å². The summed E-state index contributed by atoms with van der Waals surface area (Å²) in [4.78, 5) is 14.4. The zero-order valence-electron chi connectivity index (χ0n) is 18.5. The van der Waals surface area contributed by atoms with E-state index in [0.717, 1.165) is 24.6 Å². The monoisotopic (exact) mass is 480 g/mol. The molecule has 1 aromatic heterocycles. The molecule has 1 atom stereocenters. The van der Waals surface area contributed by atoms with Crippen LogP contribution in [0.25, 0.3) is 11.1 Å². The van der Waals surface area contributed by atoms with Gasteiger partial charge in [-0.05, 0) is 41.6 Å². The number of carbonyl (C=O) groups is 1. The molecule has 0 aliphatic carbocycles. The Morgan fingerprint density at radius 2 is 2.03 bits per heavy atom. The van der Waals surface area contributed by atoms with Gasteiger partial charge in [0.2, 0.25) is 5.91 Å². The van der Waals surface area contributed by atoms with Crippen molar-refractivity contribution in [2.24, 2.45) is 5.92 Å². The second-order valence-electron chi connectivity index (χ2n) is 8.24. The maximum absolute atomic E-state index is 14.1. The van der Waals surface area contributed by atoms with Crippen LogP contribution in [-0.2, 0) is 11.0 Å². The summed E-state index contributed by atoms with van der Waals surface area (Å²) < 4.78 is 46.4. The van der Waals surface area contributed by atoms with Crippen LogP contribution in [0.4, 0.5) is 24.7 Å². The van der Waals surface area contributed by atoms with Gasteiger partial charge >= 0.3 is 6.18 Å². The SMILES string of the molecule is CC(C)C[C@H](Nc1nscc1-c1ccc(N2CCNCC2)cc1C(F)(F)F)C(=O)NCC#N. The van der Waals surface area contributed by atoms with Gasteiger partial charge < -0.3 is 20.9 Å². The summed E-state index contributed by atoms with van der Waals surface area (Å²) in [6, 6.07) is 5.48. The highest BCUT2D eigenvalue weighted by molar-refractivity contribution is 7.04. The van der Waals surface area contributed by atoms with Crippen molar-refractivity contribution >= 4 is 28.9 Å². The molecule has 1 saturated heterocycles. The predicted octanol–water partition coefficient (Wildman–Crippen LogP) is 3.70. The van der Waals surface area contributed by atoms with E-state index in [1.54, 1.807) is 11.4 Å². The van der Waals surface area contributed by atoms with Crippen LogP contribution in [0, 0.1) is 17.2 Å². The molecule has 1 aliphatic heterocycles. The standard InChI is InChI=1S/C22H27F3N6OS/c1-14(2)11-19(21(32)28-6-5-26)29-20-17(13-33-30-20)16-4-3-15(12-18(16)22(23,24)25)31-9-7-27-8-10-31/h3-4,12-14,19,27H,6-11H2,1-2H3,(H,28,32)(H,29,30)/t19-/m0/s1. The molecular weight excluding hydrogens is 453 g/mol. The van der Waals surface area contributed by atoms with Gasteiger partial charge in [0.1, 0.15) is 18.4 Å². The molecule has 1 fully saturated rings. The first kappa shape index (κ1) is 24.8. The van der Waals surface area contributed by atoms with Crippen LogP contribution in [0.15, 0.2) is 23.6 Å². The van der Waals surface area contributed by atoms with E-state index in [0.29, 0.717) is 30.8 Å². The average Bonchev–Trinajstić information content (AvgIpc) is 3.24. The molecule has 33 heavy (non-hydrogen) atoms. The molecule has 3 N–H and O–H groups in total. The third-order valence-electron chi connectivity index (χ3n) is 5.33. The summed E-state index contributed by atoms with van der Waals surface area (Å²) in [5.41, 5.74) is 0.0920. The topological polar surface area (TPSA) is 93.1 Å².